The molecule has 1 aliphatic rings. The number of amides is 1. The van der Waals surface area contributed by atoms with Crippen LogP contribution in [0.2, 0.25) is 0 Å². The first-order valence-electron chi connectivity index (χ1n) is 7.99. The molecule has 2 unspecified atom stereocenters. The van der Waals surface area contributed by atoms with Crippen LogP contribution in [0, 0.1) is 0 Å². The van der Waals surface area contributed by atoms with Crippen molar-refractivity contribution in [2.45, 2.75) is 31.5 Å². The molecule has 1 aromatic rings. The highest BCUT2D eigenvalue weighted by Gasteiger charge is 2.30. The molecule has 2 atom stereocenters. The van der Waals surface area contributed by atoms with Gasteiger partial charge in [0.2, 0.25) is 5.91 Å². The fourth-order valence-electron chi connectivity index (χ4n) is 2.69. The number of alkyl halides is 3. The minimum absolute atomic E-state index is 0.0194. The Bertz CT molecular complexity index is 546. The van der Waals surface area contributed by atoms with E-state index in [9.17, 15) is 18.0 Å². The lowest BCUT2D eigenvalue weighted by atomic mass is 9.96. The number of ether oxygens (including phenoxy) is 1. The van der Waals surface area contributed by atoms with Crippen LogP contribution in [0.1, 0.15) is 30.4 Å². The number of carbonyl (C=O) groups is 1. The Kier molecular flexibility index (Phi) is 6.23. The summed E-state index contributed by atoms with van der Waals surface area (Å²) in [6.45, 7) is 4.58. The van der Waals surface area contributed by atoms with Crippen molar-refractivity contribution in [3.8, 4) is 0 Å². The number of halogens is 3. The van der Waals surface area contributed by atoms with Crippen molar-refractivity contribution in [3.05, 3.63) is 35.4 Å². The zero-order valence-electron chi connectivity index (χ0n) is 13.9. The maximum atomic E-state index is 12.6. The van der Waals surface area contributed by atoms with Gasteiger partial charge in [-0.2, -0.15) is 13.2 Å². The summed E-state index contributed by atoms with van der Waals surface area (Å²) >= 11 is 0. The van der Waals surface area contributed by atoms with E-state index in [2.05, 4.69) is 10.2 Å². The highest BCUT2D eigenvalue weighted by atomic mass is 19.4. The van der Waals surface area contributed by atoms with Crippen LogP contribution in [0.5, 0.6) is 0 Å². The standard InChI is InChI=1S/C17H23F3N2O2/c1-12(13-3-5-14(6-4-13)17(18,19)20)9-16(23)21-10-15-11-22(2)7-8-24-15/h3-6,12,15H,7-11H2,1-2H3,(H,21,23). The lowest BCUT2D eigenvalue weighted by molar-refractivity contribution is -0.137. The topological polar surface area (TPSA) is 41.6 Å². The van der Waals surface area contributed by atoms with Gasteiger partial charge in [0.1, 0.15) is 0 Å². The van der Waals surface area contributed by atoms with E-state index in [0.29, 0.717) is 18.7 Å². The van der Waals surface area contributed by atoms with Gasteiger partial charge in [-0.3, -0.25) is 4.79 Å². The summed E-state index contributed by atoms with van der Waals surface area (Å²) in [5.41, 5.74) is 0.0354. The monoisotopic (exact) mass is 344 g/mol. The molecule has 2 rings (SSSR count). The molecule has 0 aromatic heterocycles. The highest BCUT2D eigenvalue weighted by Crippen LogP contribution is 2.30. The van der Waals surface area contributed by atoms with Crippen LogP contribution < -0.4 is 5.32 Å². The van der Waals surface area contributed by atoms with E-state index in [0.717, 1.165) is 25.2 Å². The van der Waals surface area contributed by atoms with E-state index >= 15 is 0 Å². The summed E-state index contributed by atoms with van der Waals surface area (Å²) in [5, 5.41) is 2.84. The van der Waals surface area contributed by atoms with Crippen molar-refractivity contribution in [2.24, 2.45) is 0 Å². The molecule has 0 bridgehead atoms. The van der Waals surface area contributed by atoms with E-state index in [4.69, 9.17) is 4.74 Å². The number of rotatable bonds is 5. The van der Waals surface area contributed by atoms with Gasteiger partial charge in [0.15, 0.2) is 0 Å². The Morgan fingerprint density at radius 1 is 1.38 bits per heavy atom. The molecule has 24 heavy (non-hydrogen) atoms. The van der Waals surface area contributed by atoms with Crippen LogP contribution in [-0.4, -0.2) is 50.2 Å². The highest BCUT2D eigenvalue weighted by molar-refractivity contribution is 5.76. The number of morpholine rings is 1. The normalized spacial score (nSPS) is 20.6. The van der Waals surface area contributed by atoms with E-state index in [-0.39, 0.29) is 24.3 Å². The van der Waals surface area contributed by atoms with E-state index < -0.39 is 11.7 Å². The number of nitrogens with one attached hydrogen (secondary N) is 1. The molecule has 134 valence electrons. The largest absolute Gasteiger partial charge is 0.416 e. The van der Waals surface area contributed by atoms with Crippen molar-refractivity contribution in [1.82, 2.24) is 10.2 Å². The van der Waals surface area contributed by atoms with Gasteiger partial charge in [-0.25, -0.2) is 0 Å². The third-order valence-corrected chi connectivity index (χ3v) is 4.17. The predicted octanol–water partition coefficient (Wildman–Crippen LogP) is 2.65. The van der Waals surface area contributed by atoms with Crippen molar-refractivity contribution < 1.29 is 22.7 Å². The van der Waals surface area contributed by atoms with Crippen molar-refractivity contribution in [3.63, 3.8) is 0 Å². The predicted molar refractivity (Wildman–Crippen MR) is 84.7 cm³/mol. The van der Waals surface area contributed by atoms with Gasteiger partial charge < -0.3 is 15.0 Å². The SMILES string of the molecule is CC(CC(=O)NCC1CN(C)CCO1)c1ccc(C(F)(F)F)cc1. The summed E-state index contributed by atoms with van der Waals surface area (Å²) in [6, 6.07) is 4.96. The van der Waals surface area contributed by atoms with E-state index in [1.807, 2.05) is 14.0 Å². The molecule has 0 spiro atoms. The van der Waals surface area contributed by atoms with Gasteiger partial charge >= 0.3 is 6.18 Å². The van der Waals surface area contributed by atoms with Gasteiger partial charge in [0.25, 0.3) is 0 Å². The molecule has 1 amide bonds. The Balaban J connectivity index is 1.80. The second-order valence-electron chi connectivity index (χ2n) is 6.28. The van der Waals surface area contributed by atoms with E-state index in [1.54, 1.807) is 0 Å². The van der Waals surface area contributed by atoms with Crippen LogP contribution >= 0.6 is 0 Å². The van der Waals surface area contributed by atoms with Gasteiger partial charge in [-0.1, -0.05) is 19.1 Å². The minimum atomic E-state index is -4.34. The molecule has 1 fully saturated rings. The number of hydrogen-bond donors (Lipinski definition) is 1. The molecule has 1 aromatic carbocycles. The molecular formula is C17H23F3N2O2. The second kappa shape index (κ2) is 7.98. The minimum Gasteiger partial charge on any atom is -0.374 e. The van der Waals surface area contributed by atoms with Gasteiger partial charge in [-0.15, -0.1) is 0 Å². The number of benzene rings is 1. The smallest absolute Gasteiger partial charge is 0.374 e. The van der Waals surface area contributed by atoms with Crippen molar-refractivity contribution >= 4 is 5.91 Å². The maximum Gasteiger partial charge on any atom is 0.416 e. The first kappa shape index (κ1) is 18.7. The third-order valence-electron chi connectivity index (χ3n) is 4.17. The molecular weight excluding hydrogens is 321 g/mol. The molecule has 4 nitrogen and oxygen atoms in total. The zero-order chi connectivity index (χ0) is 17.7. The Labute approximate surface area is 140 Å². The average molecular weight is 344 g/mol. The fourth-order valence-corrected chi connectivity index (χ4v) is 2.69. The Morgan fingerprint density at radius 3 is 2.62 bits per heavy atom. The Hall–Kier alpha value is -1.60. The number of nitrogens with zero attached hydrogens (tertiary/aromatic N) is 1. The van der Waals surface area contributed by atoms with Gasteiger partial charge in [-0.05, 0) is 30.7 Å². The molecule has 0 aliphatic carbocycles. The summed E-state index contributed by atoms with van der Waals surface area (Å²) in [5.74, 6) is -0.276. The first-order valence-corrected chi connectivity index (χ1v) is 7.99. The zero-order valence-corrected chi connectivity index (χ0v) is 13.9. The molecule has 0 radical (unpaired) electrons. The fraction of sp³-hybridized carbons (Fsp3) is 0.588. The molecule has 1 aliphatic heterocycles. The summed E-state index contributed by atoms with van der Waals surface area (Å²) in [6.07, 6.45) is -4.13. The molecule has 1 saturated heterocycles. The number of likely N-dealkylation sites (N-methyl/N-ethyl adjacent to an activating group) is 1. The van der Waals surface area contributed by atoms with Crippen LogP contribution in [-0.2, 0) is 15.7 Å². The van der Waals surface area contributed by atoms with Gasteiger partial charge in [0, 0.05) is 26.1 Å². The van der Waals surface area contributed by atoms with Crippen LogP contribution in [0.4, 0.5) is 13.2 Å². The molecule has 1 heterocycles. The summed E-state index contributed by atoms with van der Waals surface area (Å²) < 4.78 is 43.2. The first-order chi connectivity index (χ1) is 11.3. The molecule has 1 N–H and O–H groups in total. The quantitative estimate of drug-likeness (QED) is 0.893. The lowest BCUT2D eigenvalue weighted by Gasteiger charge is -2.30. The summed E-state index contributed by atoms with van der Waals surface area (Å²) in [7, 11) is 2.00. The van der Waals surface area contributed by atoms with Crippen LogP contribution in [0.15, 0.2) is 24.3 Å². The number of hydrogen-bond acceptors (Lipinski definition) is 3. The number of carbonyl (C=O) groups excluding carboxylic acids is 1. The molecule has 0 saturated carbocycles. The summed E-state index contributed by atoms with van der Waals surface area (Å²) in [4.78, 5) is 14.2. The van der Waals surface area contributed by atoms with Crippen molar-refractivity contribution in [2.75, 3.05) is 33.3 Å². The van der Waals surface area contributed by atoms with Gasteiger partial charge in [0.05, 0.1) is 18.3 Å². The van der Waals surface area contributed by atoms with E-state index in [1.165, 1.54) is 12.1 Å². The molecule has 7 heteroatoms. The van der Waals surface area contributed by atoms with Crippen molar-refractivity contribution in [1.29, 1.82) is 0 Å². The van der Waals surface area contributed by atoms with Crippen LogP contribution in [0.3, 0.4) is 0 Å². The Morgan fingerprint density at radius 2 is 2.04 bits per heavy atom. The third kappa shape index (κ3) is 5.49. The van der Waals surface area contributed by atoms with Crippen LogP contribution in [0.25, 0.3) is 0 Å². The lowest BCUT2D eigenvalue weighted by Crippen LogP contribution is -2.46. The maximum absolute atomic E-state index is 12.6. The second-order valence-corrected chi connectivity index (χ2v) is 6.28. The average Bonchev–Trinajstić information content (AvgIpc) is 2.52.